The van der Waals surface area contributed by atoms with Crippen LogP contribution in [-0.2, 0) is 0 Å². The molecule has 8 aromatic rings. The number of benzene rings is 6. The second-order valence-corrected chi connectivity index (χ2v) is 11.5. The Labute approximate surface area is 216 Å². The van der Waals surface area contributed by atoms with Crippen LogP contribution in [0.15, 0.2) is 121 Å². The number of thiophene rings is 2. The van der Waals surface area contributed by atoms with Gasteiger partial charge in [-0.25, -0.2) is 0 Å². The first-order chi connectivity index (χ1) is 17.8. The van der Waals surface area contributed by atoms with Crippen molar-refractivity contribution >= 4 is 74.5 Å². The van der Waals surface area contributed by atoms with Crippen molar-refractivity contribution in [3.63, 3.8) is 0 Å². The molecule has 8 rings (SSSR count). The number of fused-ring (bicyclic) bond motifs is 6. The third kappa shape index (κ3) is 2.92. The fourth-order valence-corrected chi connectivity index (χ4v) is 8.05. The van der Waals surface area contributed by atoms with Crippen LogP contribution in [0.25, 0.3) is 73.4 Å². The Hall–Kier alpha value is -3.98. The summed E-state index contributed by atoms with van der Waals surface area (Å²) in [7, 11) is 0. The molecule has 6 aromatic carbocycles. The van der Waals surface area contributed by atoms with Gasteiger partial charge in [0.25, 0.3) is 0 Å². The molecule has 0 aliphatic heterocycles. The molecule has 36 heavy (non-hydrogen) atoms. The minimum absolute atomic E-state index is 1.26. The van der Waals surface area contributed by atoms with Crippen LogP contribution in [0.2, 0.25) is 0 Å². The molecule has 0 N–H and O–H groups in total. The summed E-state index contributed by atoms with van der Waals surface area (Å²) in [6.07, 6.45) is 0. The summed E-state index contributed by atoms with van der Waals surface area (Å²) in [5, 5.41) is 9.29. The van der Waals surface area contributed by atoms with Crippen molar-refractivity contribution in [1.82, 2.24) is 0 Å². The van der Waals surface area contributed by atoms with Gasteiger partial charge in [-0.05, 0) is 62.3 Å². The van der Waals surface area contributed by atoms with Gasteiger partial charge < -0.3 is 0 Å². The maximum atomic E-state index is 2.41. The molecule has 0 spiro atoms. The van der Waals surface area contributed by atoms with E-state index in [0.717, 1.165) is 0 Å². The summed E-state index contributed by atoms with van der Waals surface area (Å²) < 4.78 is 4.08. The lowest BCUT2D eigenvalue weighted by Gasteiger charge is -2.16. The lowest BCUT2D eigenvalue weighted by molar-refractivity contribution is 1.67. The van der Waals surface area contributed by atoms with Crippen LogP contribution in [0, 0.1) is 0 Å². The predicted octanol–water partition coefficient (Wildman–Crippen LogP) is 10.9. The lowest BCUT2D eigenvalue weighted by atomic mass is 9.88. The van der Waals surface area contributed by atoms with Gasteiger partial charge in [0.2, 0.25) is 0 Å². The summed E-state index contributed by atoms with van der Waals surface area (Å²) in [5.41, 5.74) is 3.92. The highest BCUT2D eigenvalue weighted by molar-refractivity contribution is 7.26. The molecule has 2 aromatic heterocycles. The van der Waals surface area contributed by atoms with Gasteiger partial charge in [0, 0.05) is 35.3 Å². The summed E-state index contributed by atoms with van der Waals surface area (Å²) in [6, 6.07) is 44.6. The largest absolute Gasteiger partial charge is 0.135 e. The molecule has 0 saturated carbocycles. The molecule has 0 amide bonds. The number of hydrogen-bond acceptors (Lipinski definition) is 2. The van der Waals surface area contributed by atoms with E-state index in [0.29, 0.717) is 0 Å². The number of rotatable bonds is 2. The zero-order valence-corrected chi connectivity index (χ0v) is 21.0. The Kier molecular flexibility index (Phi) is 4.36. The van der Waals surface area contributed by atoms with Gasteiger partial charge >= 0.3 is 0 Å². The lowest BCUT2D eigenvalue weighted by Crippen LogP contribution is -1.89. The van der Waals surface area contributed by atoms with Crippen LogP contribution in [0.1, 0.15) is 0 Å². The Morgan fingerprint density at radius 3 is 1.64 bits per heavy atom. The fourth-order valence-electron chi connectivity index (χ4n) is 5.69. The molecule has 0 aliphatic rings. The molecule has 168 valence electrons. The Bertz CT molecular complexity index is 2030. The van der Waals surface area contributed by atoms with E-state index in [9.17, 15) is 0 Å². The molecule has 0 saturated heterocycles. The van der Waals surface area contributed by atoms with E-state index in [-0.39, 0.29) is 0 Å². The predicted molar refractivity (Wildman–Crippen MR) is 161 cm³/mol. The van der Waals surface area contributed by atoms with Crippen LogP contribution in [0.3, 0.4) is 0 Å². The topological polar surface area (TPSA) is 0 Å². The Morgan fingerprint density at radius 2 is 0.944 bits per heavy atom. The van der Waals surface area contributed by atoms with Crippen LogP contribution >= 0.6 is 22.7 Å². The van der Waals surface area contributed by atoms with Crippen LogP contribution in [-0.4, -0.2) is 0 Å². The molecule has 2 heteroatoms. The minimum Gasteiger partial charge on any atom is -0.135 e. The van der Waals surface area contributed by atoms with Gasteiger partial charge in [-0.2, -0.15) is 0 Å². The van der Waals surface area contributed by atoms with E-state index in [2.05, 4.69) is 121 Å². The zero-order valence-electron chi connectivity index (χ0n) is 19.4. The van der Waals surface area contributed by atoms with Crippen molar-refractivity contribution in [1.29, 1.82) is 0 Å². The van der Waals surface area contributed by atoms with Gasteiger partial charge in [-0.15, -0.1) is 22.7 Å². The molecule has 0 fully saturated rings. The van der Waals surface area contributed by atoms with Crippen molar-refractivity contribution < 1.29 is 0 Å². The Morgan fingerprint density at radius 1 is 0.361 bits per heavy atom. The molecule has 0 bridgehead atoms. The third-order valence-corrected chi connectivity index (χ3v) is 9.50. The highest BCUT2D eigenvalue weighted by Crippen LogP contribution is 2.47. The molecule has 2 heterocycles. The smallest absolute Gasteiger partial charge is 0.0369 e. The quantitative estimate of drug-likeness (QED) is 0.211. The van der Waals surface area contributed by atoms with Crippen LogP contribution in [0.4, 0.5) is 0 Å². The summed E-state index contributed by atoms with van der Waals surface area (Å²) in [6.45, 7) is 0. The third-order valence-electron chi connectivity index (χ3n) is 7.26. The van der Waals surface area contributed by atoms with Gasteiger partial charge in [0.1, 0.15) is 0 Å². The van der Waals surface area contributed by atoms with E-state index < -0.39 is 0 Å². The van der Waals surface area contributed by atoms with Crippen molar-refractivity contribution in [2.45, 2.75) is 0 Å². The van der Waals surface area contributed by atoms with E-state index in [4.69, 9.17) is 0 Å². The van der Waals surface area contributed by atoms with Gasteiger partial charge in [-0.1, -0.05) is 97.1 Å². The first kappa shape index (κ1) is 20.2. The second-order valence-electron chi connectivity index (χ2n) is 9.30. The number of hydrogen-bond donors (Lipinski definition) is 0. The fraction of sp³-hybridized carbons (Fsp3) is 0. The van der Waals surface area contributed by atoms with Crippen molar-refractivity contribution in [3.8, 4) is 21.6 Å². The first-order valence-corrected chi connectivity index (χ1v) is 13.8. The van der Waals surface area contributed by atoms with Crippen molar-refractivity contribution in [2.24, 2.45) is 0 Å². The Balaban J connectivity index is 1.46. The zero-order chi connectivity index (χ0) is 23.6. The summed E-state index contributed by atoms with van der Waals surface area (Å²) in [5.74, 6) is 0. The average Bonchev–Trinajstić information content (AvgIpc) is 3.51. The van der Waals surface area contributed by atoms with E-state index >= 15 is 0 Å². The monoisotopic (exact) mass is 492 g/mol. The summed E-state index contributed by atoms with van der Waals surface area (Å²) >= 11 is 3.81. The highest BCUT2D eigenvalue weighted by Gasteiger charge is 2.18. The molecule has 0 unspecified atom stereocenters. The van der Waals surface area contributed by atoms with Crippen LogP contribution < -0.4 is 0 Å². The van der Waals surface area contributed by atoms with Crippen LogP contribution in [0.5, 0.6) is 0 Å². The average molecular weight is 493 g/mol. The molecule has 0 atom stereocenters. The molecular weight excluding hydrogens is 473 g/mol. The van der Waals surface area contributed by atoms with Gasteiger partial charge in [0.05, 0.1) is 0 Å². The molecular formula is C34H20S2. The van der Waals surface area contributed by atoms with Crippen molar-refractivity contribution in [2.75, 3.05) is 0 Å². The first-order valence-electron chi connectivity index (χ1n) is 12.2. The summed E-state index contributed by atoms with van der Waals surface area (Å²) in [4.78, 5) is 1.33. The standard InChI is InChI=1S/C34H20S2/c1-2-10-21(11-3-1)33-24-13-4-6-15-26(24)34(27-16-7-5-14-25(27)33)32-19-22-18-28-23-12-8-9-17-29(23)35-31(28)20-30(22)36-32/h1-20H. The maximum Gasteiger partial charge on any atom is 0.0369 e. The molecule has 0 radical (unpaired) electrons. The SMILES string of the molecule is c1ccc(-c2c3ccccc3c(-c3cc4cc5c(cc4s3)sc3ccccc35)c3ccccc23)cc1. The maximum absolute atomic E-state index is 2.41. The van der Waals surface area contributed by atoms with E-state index in [1.54, 1.807) is 0 Å². The van der Waals surface area contributed by atoms with E-state index in [1.165, 1.54) is 73.4 Å². The normalized spacial score (nSPS) is 11.9. The van der Waals surface area contributed by atoms with Gasteiger partial charge in [-0.3, -0.25) is 0 Å². The van der Waals surface area contributed by atoms with E-state index in [1.807, 2.05) is 22.7 Å². The van der Waals surface area contributed by atoms with Crippen molar-refractivity contribution in [3.05, 3.63) is 121 Å². The second kappa shape index (κ2) is 7.76. The van der Waals surface area contributed by atoms with Gasteiger partial charge in [0.15, 0.2) is 0 Å². The molecule has 0 nitrogen and oxygen atoms in total. The highest BCUT2D eigenvalue weighted by atomic mass is 32.1. The molecule has 0 aliphatic carbocycles. The minimum atomic E-state index is 1.26.